The van der Waals surface area contributed by atoms with Gasteiger partial charge in [0.05, 0.1) is 5.69 Å². The summed E-state index contributed by atoms with van der Waals surface area (Å²) in [6.45, 7) is 3.14. The molecule has 0 aliphatic heterocycles. The molecule has 0 spiro atoms. The van der Waals surface area contributed by atoms with Crippen LogP contribution in [0.2, 0.25) is 0 Å². The van der Waals surface area contributed by atoms with Gasteiger partial charge in [-0.15, -0.1) is 0 Å². The van der Waals surface area contributed by atoms with E-state index in [1.807, 2.05) is 6.92 Å². The Bertz CT molecular complexity index is 848. The molecular weight excluding hydrogens is 341 g/mol. The van der Waals surface area contributed by atoms with Crippen molar-refractivity contribution in [3.05, 3.63) is 52.6 Å². The van der Waals surface area contributed by atoms with Crippen LogP contribution in [0, 0.1) is 11.7 Å². The number of carboxylic acid groups (broad SMARTS) is 1. The fraction of sp³-hybridized carbons (Fsp3) is 0.333. The van der Waals surface area contributed by atoms with E-state index in [1.54, 1.807) is 6.92 Å². The van der Waals surface area contributed by atoms with Gasteiger partial charge >= 0.3 is 5.97 Å². The molecular formula is C18H20FN3O4. The number of nitrogens with one attached hydrogen (secondary N) is 1. The number of halogens is 1. The number of aromatic nitrogens is 2. The van der Waals surface area contributed by atoms with Crippen LogP contribution in [0.1, 0.15) is 20.3 Å². The van der Waals surface area contributed by atoms with Gasteiger partial charge in [0.2, 0.25) is 5.91 Å². The highest BCUT2D eigenvalue weighted by Crippen LogP contribution is 2.15. The molecule has 0 saturated heterocycles. The molecule has 7 nitrogen and oxygen atoms in total. The number of aliphatic carboxylic acids is 1. The number of carbonyl (C=O) groups excluding carboxylic acids is 1. The summed E-state index contributed by atoms with van der Waals surface area (Å²) in [5.41, 5.74) is 0.485. The van der Waals surface area contributed by atoms with Crippen molar-refractivity contribution >= 4 is 11.9 Å². The molecule has 0 aliphatic carbocycles. The lowest BCUT2D eigenvalue weighted by atomic mass is 9.99. The smallest absolute Gasteiger partial charge is 0.326 e. The van der Waals surface area contributed by atoms with Crippen molar-refractivity contribution in [1.82, 2.24) is 15.1 Å². The highest BCUT2D eigenvalue weighted by atomic mass is 19.1. The molecule has 0 fully saturated rings. The standard InChI is InChI=1S/C18H20FN3O4/c1-3-11(2)17(18(25)26)20-15(23)10-22-16(24)9-8-14(21-22)12-4-6-13(19)7-5-12/h4-9,11,17H,3,10H2,1-2H3,(H,20,23)(H,25,26)/t11-,17-/m0/s1. The maximum atomic E-state index is 13.0. The average Bonchev–Trinajstić information content (AvgIpc) is 2.61. The van der Waals surface area contributed by atoms with Gasteiger partial charge in [-0.25, -0.2) is 13.9 Å². The van der Waals surface area contributed by atoms with E-state index >= 15 is 0 Å². The van der Waals surface area contributed by atoms with Gasteiger partial charge in [-0.2, -0.15) is 5.10 Å². The SMILES string of the molecule is CC[C@H](C)[C@H](NC(=O)Cn1nc(-c2ccc(F)cc2)ccc1=O)C(=O)O. The highest BCUT2D eigenvalue weighted by Gasteiger charge is 2.25. The molecule has 0 unspecified atom stereocenters. The number of hydrogen-bond donors (Lipinski definition) is 2. The summed E-state index contributed by atoms with van der Waals surface area (Å²) in [6, 6.07) is 7.24. The molecule has 2 atom stereocenters. The molecule has 2 aromatic rings. The summed E-state index contributed by atoms with van der Waals surface area (Å²) in [4.78, 5) is 35.4. The lowest BCUT2D eigenvalue weighted by Crippen LogP contribution is -2.47. The second-order valence-electron chi connectivity index (χ2n) is 5.99. The zero-order valence-corrected chi connectivity index (χ0v) is 14.5. The van der Waals surface area contributed by atoms with Gasteiger partial charge in [-0.05, 0) is 36.2 Å². The zero-order chi connectivity index (χ0) is 19.3. The molecule has 8 heteroatoms. The van der Waals surface area contributed by atoms with Gasteiger partial charge in [0, 0.05) is 11.6 Å². The first-order valence-corrected chi connectivity index (χ1v) is 8.18. The third-order valence-electron chi connectivity index (χ3n) is 4.10. The molecule has 1 amide bonds. The molecule has 1 heterocycles. The number of hydrogen-bond acceptors (Lipinski definition) is 4. The molecule has 0 aliphatic rings. The Hall–Kier alpha value is -3.03. The molecule has 0 saturated carbocycles. The van der Waals surface area contributed by atoms with Crippen molar-refractivity contribution < 1.29 is 19.1 Å². The van der Waals surface area contributed by atoms with Crippen LogP contribution in [0.25, 0.3) is 11.3 Å². The van der Waals surface area contributed by atoms with E-state index in [1.165, 1.54) is 36.4 Å². The zero-order valence-electron chi connectivity index (χ0n) is 14.5. The first-order valence-electron chi connectivity index (χ1n) is 8.18. The minimum atomic E-state index is -1.13. The van der Waals surface area contributed by atoms with E-state index in [0.29, 0.717) is 17.7 Å². The van der Waals surface area contributed by atoms with E-state index < -0.39 is 35.8 Å². The van der Waals surface area contributed by atoms with Gasteiger partial charge in [0.15, 0.2) is 0 Å². The van der Waals surface area contributed by atoms with Crippen LogP contribution in [0.15, 0.2) is 41.2 Å². The number of carboxylic acids is 1. The van der Waals surface area contributed by atoms with Crippen LogP contribution in [0.3, 0.4) is 0 Å². The van der Waals surface area contributed by atoms with Gasteiger partial charge in [-0.3, -0.25) is 9.59 Å². The van der Waals surface area contributed by atoms with E-state index in [0.717, 1.165) is 4.68 Å². The third kappa shape index (κ3) is 4.75. The Morgan fingerprint density at radius 3 is 2.46 bits per heavy atom. The van der Waals surface area contributed by atoms with E-state index in [-0.39, 0.29) is 5.92 Å². The van der Waals surface area contributed by atoms with Crippen molar-refractivity contribution in [2.75, 3.05) is 0 Å². The molecule has 1 aromatic heterocycles. The summed E-state index contributed by atoms with van der Waals surface area (Å²) in [6.07, 6.45) is 0.579. The van der Waals surface area contributed by atoms with Crippen LogP contribution in [0.4, 0.5) is 4.39 Å². The summed E-state index contributed by atoms with van der Waals surface area (Å²) < 4.78 is 14.0. The molecule has 0 radical (unpaired) electrons. The monoisotopic (exact) mass is 361 g/mol. The lowest BCUT2D eigenvalue weighted by molar-refractivity contribution is -0.143. The maximum absolute atomic E-state index is 13.0. The fourth-order valence-corrected chi connectivity index (χ4v) is 2.38. The highest BCUT2D eigenvalue weighted by molar-refractivity contribution is 5.83. The summed E-state index contributed by atoms with van der Waals surface area (Å²) in [7, 11) is 0. The van der Waals surface area contributed by atoms with Crippen molar-refractivity contribution in [1.29, 1.82) is 0 Å². The quantitative estimate of drug-likeness (QED) is 0.781. The number of benzene rings is 1. The van der Waals surface area contributed by atoms with Crippen molar-refractivity contribution in [3.63, 3.8) is 0 Å². The van der Waals surface area contributed by atoms with Gasteiger partial charge in [0.1, 0.15) is 18.4 Å². The topological polar surface area (TPSA) is 101 Å². The second kappa shape index (κ2) is 8.37. The Morgan fingerprint density at radius 1 is 1.23 bits per heavy atom. The second-order valence-corrected chi connectivity index (χ2v) is 5.99. The van der Waals surface area contributed by atoms with E-state index in [2.05, 4.69) is 10.4 Å². The van der Waals surface area contributed by atoms with Crippen LogP contribution >= 0.6 is 0 Å². The Kier molecular flexibility index (Phi) is 6.21. The van der Waals surface area contributed by atoms with Crippen LogP contribution in [-0.2, 0) is 16.1 Å². The van der Waals surface area contributed by atoms with Gasteiger partial charge in [-0.1, -0.05) is 20.3 Å². The van der Waals surface area contributed by atoms with Crippen molar-refractivity contribution in [2.24, 2.45) is 5.92 Å². The van der Waals surface area contributed by atoms with Crippen LogP contribution in [0.5, 0.6) is 0 Å². The first-order chi connectivity index (χ1) is 12.3. The number of nitrogens with zero attached hydrogens (tertiary/aromatic N) is 2. The minimum absolute atomic E-state index is 0.258. The van der Waals surface area contributed by atoms with Gasteiger partial charge < -0.3 is 10.4 Å². The number of amides is 1. The molecule has 0 bridgehead atoms. The van der Waals surface area contributed by atoms with Gasteiger partial charge in [0.25, 0.3) is 5.56 Å². The lowest BCUT2D eigenvalue weighted by Gasteiger charge is -2.20. The third-order valence-corrected chi connectivity index (χ3v) is 4.10. The Balaban J connectivity index is 2.19. The number of rotatable bonds is 7. The number of carbonyl (C=O) groups is 2. The van der Waals surface area contributed by atoms with Crippen LogP contribution in [-0.4, -0.2) is 32.8 Å². The fourth-order valence-electron chi connectivity index (χ4n) is 2.38. The molecule has 1 aromatic carbocycles. The predicted molar refractivity (Wildman–Crippen MR) is 92.9 cm³/mol. The normalized spacial score (nSPS) is 13.0. The first kappa shape index (κ1) is 19.3. The molecule has 138 valence electrons. The molecule has 26 heavy (non-hydrogen) atoms. The minimum Gasteiger partial charge on any atom is -0.480 e. The van der Waals surface area contributed by atoms with Crippen LogP contribution < -0.4 is 10.9 Å². The molecule has 2 rings (SSSR count). The Morgan fingerprint density at radius 2 is 1.88 bits per heavy atom. The van der Waals surface area contributed by atoms with Crippen molar-refractivity contribution in [3.8, 4) is 11.3 Å². The van der Waals surface area contributed by atoms with E-state index in [4.69, 9.17) is 0 Å². The predicted octanol–water partition coefficient (Wildman–Crippen LogP) is 1.66. The summed E-state index contributed by atoms with van der Waals surface area (Å²) >= 11 is 0. The summed E-state index contributed by atoms with van der Waals surface area (Å²) in [5, 5.41) is 15.8. The Labute approximate surface area is 149 Å². The largest absolute Gasteiger partial charge is 0.480 e. The summed E-state index contributed by atoms with van der Waals surface area (Å²) in [5.74, 6) is -2.41. The molecule has 2 N–H and O–H groups in total. The van der Waals surface area contributed by atoms with Crippen molar-refractivity contribution in [2.45, 2.75) is 32.9 Å². The average molecular weight is 361 g/mol. The maximum Gasteiger partial charge on any atom is 0.326 e. The van der Waals surface area contributed by atoms with E-state index in [9.17, 15) is 23.9 Å².